The van der Waals surface area contributed by atoms with Gasteiger partial charge in [0.15, 0.2) is 0 Å². The highest BCUT2D eigenvalue weighted by molar-refractivity contribution is 7.89. The van der Waals surface area contributed by atoms with Crippen molar-refractivity contribution in [3.8, 4) is 0 Å². The summed E-state index contributed by atoms with van der Waals surface area (Å²) in [4.78, 5) is 0.185. The lowest BCUT2D eigenvalue weighted by Crippen LogP contribution is -2.35. The summed E-state index contributed by atoms with van der Waals surface area (Å²) in [6.07, 6.45) is 0.772. The number of rotatable bonds is 7. The zero-order valence-corrected chi connectivity index (χ0v) is 14.3. The Balaban J connectivity index is 2.96. The van der Waals surface area contributed by atoms with E-state index >= 15 is 0 Å². The summed E-state index contributed by atoms with van der Waals surface area (Å²) in [5.41, 5.74) is 7.50. The molecule has 0 aromatic heterocycles. The van der Waals surface area contributed by atoms with E-state index in [1.807, 2.05) is 19.9 Å². The Morgan fingerprint density at radius 2 is 1.81 bits per heavy atom. The molecular weight excluding hydrogens is 288 g/mol. The summed E-state index contributed by atoms with van der Waals surface area (Å²) < 4.78 is 32.8. The average Bonchev–Trinajstić information content (AvgIpc) is 2.39. The topological polar surface area (TPSA) is 81.4 Å². The standard InChI is InChI=1S/C15H26N2O3S/c1-11-6-7-12(2)14(13(11)16)21(18,19)17-10-15(3,4)8-9-20-5/h6-7,17H,8-10,16H2,1-5H3. The van der Waals surface area contributed by atoms with E-state index in [4.69, 9.17) is 10.5 Å². The highest BCUT2D eigenvalue weighted by atomic mass is 32.2. The van der Waals surface area contributed by atoms with Crippen LogP contribution in [-0.4, -0.2) is 28.7 Å². The lowest BCUT2D eigenvalue weighted by atomic mass is 9.90. The maximum Gasteiger partial charge on any atom is 0.242 e. The molecule has 0 atom stereocenters. The molecule has 1 aromatic carbocycles. The molecule has 1 rings (SSSR count). The van der Waals surface area contributed by atoms with Gasteiger partial charge in [-0.25, -0.2) is 13.1 Å². The van der Waals surface area contributed by atoms with Crippen LogP contribution in [0.2, 0.25) is 0 Å². The minimum Gasteiger partial charge on any atom is -0.397 e. The predicted molar refractivity (Wildman–Crippen MR) is 85.8 cm³/mol. The molecule has 0 aliphatic carbocycles. The van der Waals surface area contributed by atoms with E-state index in [-0.39, 0.29) is 10.3 Å². The summed E-state index contributed by atoms with van der Waals surface area (Å²) in [7, 11) is -1.98. The van der Waals surface area contributed by atoms with Gasteiger partial charge in [-0.15, -0.1) is 0 Å². The van der Waals surface area contributed by atoms with Crippen LogP contribution in [0.3, 0.4) is 0 Å². The van der Waals surface area contributed by atoms with E-state index in [2.05, 4.69) is 4.72 Å². The van der Waals surface area contributed by atoms with Crippen LogP contribution in [0.15, 0.2) is 17.0 Å². The first-order valence-corrected chi connectivity index (χ1v) is 8.43. The minimum absolute atomic E-state index is 0.185. The highest BCUT2D eigenvalue weighted by Crippen LogP contribution is 2.27. The van der Waals surface area contributed by atoms with Crippen LogP contribution in [-0.2, 0) is 14.8 Å². The Bertz CT molecular complexity index is 595. The predicted octanol–water partition coefficient (Wildman–Crippen LogP) is 2.23. The zero-order chi connectivity index (χ0) is 16.3. The van der Waals surface area contributed by atoms with Crippen molar-refractivity contribution in [3.05, 3.63) is 23.3 Å². The third-order valence-electron chi connectivity index (χ3n) is 3.60. The lowest BCUT2D eigenvalue weighted by molar-refractivity contribution is 0.153. The molecule has 21 heavy (non-hydrogen) atoms. The van der Waals surface area contributed by atoms with Gasteiger partial charge in [-0.3, -0.25) is 0 Å². The Kier molecular flexibility index (Phi) is 5.78. The van der Waals surface area contributed by atoms with Crippen LogP contribution < -0.4 is 10.5 Å². The molecule has 0 saturated carbocycles. The third-order valence-corrected chi connectivity index (χ3v) is 5.21. The molecule has 0 bridgehead atoms. The number of nitrogens with one attached hydrogen (secondary N) is 1. The second kappa shape index (κ2) is 6.77. The first kappa shape index (κ1) is 17.9. The lowest BCUT2D eigenvalue weighted by Gasteiger charge is -2.25. The molecule has 1 aromatic rings. The Morgan fingerprint density at radius 3 is 2.38 bits per heavy atom. The van der Waals surface area contributed by atoms with Crippen LogP contribution in [0.25, 0.3) is 0 Å². The summed E-state index contributed by atoms with van der Waals surface area (Å²) in [6.45, 7) is 8.49. The van der Waals surface area contributed by atoms with Crippen molar-refractivity contribution >= 4 is 15.7 Å². The van der Waals surface area contributed by atoms with Gasteiger partial charge in [-0.2, -0.15) is 0 Å². The number of anilines is 1. The highest BCUT2D eigenvalue weighted by Gasteiger charge is 2.25. The molecule has 3 N–H and O–H groups in total. The molecule has 0 radical (unpaired) electrons. The van der Waals surface area contributed by atoms with Gasteiger partial charge in [0.1, 0.15) is 4.90 Å². The Morgan fingerprint density at radius 1 is 1.24 bits per heavy atom. The van der Waals surface area contributed by atoms with Crippen molar-refractivity contribution in [2.45, 2.75) is 39.0 Å². The van der Waals surface area contributed by atoms with Gasteiger partial charge < -0.3 is 10.5 Å². The Hall–Kier alpha value is -1.11. The SMILES string of the molecule is COCCC(C)(C)CNS(=O)(=O)c1c(C)ccc(C)c1N. The number of aryl methyl sites for hydroxylation is 2. The summed E-state index contributed by atoms with van der Waals surface area (Å²) in [5, 5.41) is 0. The number of nitrogens with two attached hydrogens (primary N) is 1. The molecule has 5 nitrogen and oxygen atoms in total. The van der Waals surface area contributed by atoms with E-state index in [0.717, 1.165) is 12.0 Å². The van der Waals surface area contributed by atoms with Crippen molar-refractivity contribution in [2.75, 3.05) is 26.0 Å². The zero-order valence-electron chi connectivity index (χ0n) is 13.5. The van der Waals surface area contributed by atoms with Crippen molar-refractivity contribution in [1.29, 1.82) is 0 Å². The quantitative estimate of drug-likeness (QED) is 0.756. The summed E-state index contributed by atoms with van der Waals surface area (Å²) in [5.74, 6) is 0. The summed E-state index contributed by atoms with van der Waals surface area (Å²) in [6, 6.07) is 3.60. The van der Waals surface area contributed by atoms with Gasteiger partial charge in [0, 0.05) is 20.3 Å². The van der Waals surface area contributed by atoms with Gasteiger partial charge >= 0.3 is 0 Å². The molecule has 0 heterocycles. The van der Waals surface area contributed by atoms with Crippen molar-refractivity contribution in [3.63, 3.8) is 0 Å². The fourth-order valence-corrected chi connectivity index (χ4v) is 3.66. The number of nitrogen functional groups attached to an aromatic ring is 1. The molecule has 6 heteroatoms. The van der Waals surface area contributed by atoms with Crippen LogP contribution in [0.5, 0.6) is 0 Å². The number of methoxy groups -OCH3 is 1. The van der Waals surface area contributed by atoms with E-state index < -0.39 is 10.0 Å². The normalized spacial score (nSPS) is 12.6. The molecule has 0 aliphatic heterocycles. The summed E-state index contributed by atoms with van der Waals surface area (Å²) >= 11 is 0. The number of benzene rings is 1. The average molecular weight is 314 g/mol. The second-order valence-electron chi connectivity index (χ2n) is 6.17. The van der Waals surface area contributed by atoms with E-state index in [9.17, 15) is 8.42 Å². The van der Waals surface area contributed by atoms with Crippen molar-refractivity contribution in [2.24, 2.45) is 5.41 Å². The second-order valence-corrected chi connectivity index (χ2v) is 7.88. The molecular formula is C15H26N2O3S. The minimum atomic E-state index is -3.62. The molecule has 0 fully saturated rings. The van der Waals surface area contributed by atoms with Gasteiger partial charge in [-0.1, -0.05) is 26.0 Å². The largest absolute Gasteiger partial charge is 0.397 e. The fraction of sp³-hybridized carbons (Fsp3) is 0.600. The first-order valence-electron chi connectivity index (χ1n) is 6.95. The molecule has 0 aliphatic rings. The number of sulfonamides is 1. The van der Waals surface area contributed by atoms with Crippen LogP contribution >= 0.6 is 0 Å². The maximum atomic E-state index is 12.5. The van der Waals surface area contributed by atoms with Crippen molar-refractivity contribution < 1.29 is 13.2 Å². The number of hydrogen-bond donors (Lipinski definition) is 2. The molecule has 0 amide bonds. The smallest absolute Gasteiger partial charge is 0.242 e. The van der Waals surface area contributed by atoms with Crippen LogP contribution in [0.1, 0.15) is 31.4 Å². The van der Waals surface area contributed by atoms with Gasteiger partial charge in [-0.05, 0) is 36.8 Å². The van der Waals surface area contributed by atoms with E-state index in [1.54, 1.807) is 27.0 Å². The van der Waals surface area contributed by atoms with Gasteiger partial charge in [0.25, 0.3) is 0 Å². The van der Waals surface area contributed by atoms with Crippen molar-refractivity contribution in [1.82, 2.24) is 4.72 Å². The molecule has 0 saturated heterocycles. The molecule has 0 unspecified atom stereocenters. The first-order chi connectivity index (χ1) is 9.60. The molecule has 0 spiro atoms. The molecule has 120 valence electrons. The van der Waals surface area contributed by atoms with Gasteiger partial charge in [0.05, 0.1) is 5.69 Å². The number of ether oxygens (including phenoxy) is 1. The maximum absolute atomic E-state index is 12.5. The van der Waals surface area contributed by atoms with E-state index in [0.29, 0.717) is 24.4 Å². The van der Waals surface area contributed by atoms with Crippen LogP contribution in [0, 0.1) is 19.3 Å². The van der Waals surface area contributed by atoms with Crippen LogP contribution in [0.4, 0.5) is 5.69 Å². The monoisotopic (exact) mass is 314 g/mol. The third kappa shape index (κ3) is 4.69. The fourth-order valence-electron chi connectivity index (χ4n) is 1.99. The van der Waals surface area contributed by atoms with Gasteiger partial charge in [0.2, 0.25) is 10.0 Å². The Labute approximate surface area is 127 Å². The number of hydrogen-bond acceptors (Lipinski definition) is 4. The van der Waals surface area contributed by atoms with E-state index in [1.165, 1.54) is 0 Å².